The average molecular weight is 317 g/mol. The van der Waals surface area contributed by atoms with Gasteiger partial charge in [-0.15, -0.1) is 0 Å². The van der Waals surface area contributed by atoms with E-state index in [1.165, 1.54) is 4.31 Å². The molecule has 1 aromatic rings. The summed E-state index contributed by atoms with van der Waals surface area (Å²) >= 11 is 3.29. The molecule has 0 fully saturated rings. The molecular formula is C11H13BrN2O2S. The first-order valence-corrected chi connectivity index (χ1v) is 7.49. The number of hydrogen-bond acceptors (Lipinski definition) is 3. The Morgan fingerprint density at radius 1 is 1.47 bits per heavy atom. The summed E-state index contributed by atoms with van der Waals surface area (Å²) in [6.07, 6.45) is 0. The molecule has 0 saturated heterocycles. The lowest BCUT2D eigenvalue weighted by atomic mass is 10.2. The zero-order valence-corrected chi connectivity index (χ0v) is 11.8. The maximum absolute atomic E-state index is 12.0. The van der Waals surface area contributed by atoms with Gasteiger partial charge in [-0.2, -0.15) is 9.57 Å². The topological polar surface area (TPSA) is 61.2 Å². The van der Waals surface area contributed by atoms with E-state index in [2.05, 4.69) is 15.9 Å². The van der Waals surface area contributed by atoms with Gasteiger partial charge >= 0.3 is 0 Å². The van der Waals surface area contributed by atoms with Crippen molar-refractivity contribution in [3.05, 3.63) is 34.3 Å². The van der Waals surface area contributed by atoms with E-state index >= 15 is 0 Å². The van der Waals surface area contributed by atoms with Gasteiger partial charge in [0.25, 0.3) is 0 Å². The molecule has 0 spiro atoms. The van der Waals surface area contributed by atoms with Crippen LogP contribution >= 0.6 is 15.9 Å². The number of nitriles is 1. The van der Waals surface area contributed by atoms with Gasteiger partial charge < -0.3 is 0 Å². The van der Waals surface area contributed by atoms with Crippen molar-refractivity contribution < 1.29 is 8.42 Å². The number of rotatable bonds is 5. The highest BCUT2D eigenvalue weighted by Crippen LogP contribution is 2.15. The fraction of sp³-hybridized carbons (Fsp3) is 0.364. The molecule has 0 amide bonds. The van der Waals surface area contributed by atoms with Crippen molar-refractivity contribution in [3.8, 4) is 6.07 Å². The van der Waals surface area contributed by atoms with E-state index in [0.717, 1.165) is 4.47 Å². The largest absolute Gasteiger partial charge is 0.219 e. The third-order valence-electron chi connectivity index (χ3n) is 2.23. The molecule has 0 radical (unpaired) electrons. The van der Waals surface area contributed by atoms with Crippen LogP contribution in [-0.2, 0) is 15.8 Å². The SMILES string of the molecule is CCN(CC#N)S(=O)(=O)Cc1cccc(Br)c1. The zero-order valence-electron chi connectivity index (χ0n) is 9.43. The molecule has 1 aromatic carbocycles. The fourth-order valence-corrected chi connectivity index (χ4v) is 3.29. The van der Waals surface area contributed by atoms with Crippen molar-refractivity contribution >= 4 is 26.0 Å². The van der Waals surface area contributed by atoms with Crippen LogP contribution in [-0.4, -0.2) is 25.8 Å². The van der Waals surface area contributed by atoms with Gasteiger partial charge in [0.2, 0.25) is 10.0 Å². The van der Waals surface area contributed by atoms with Crippen LogP contribution in [0.3, 0.4) is 0 Å². The van der Waals surface area contributed by atoms with Gasteiger partial charge in [-0.1, -0.05) is 35.0 Å². The minimum atomic E-state index is -3.41. The maximum Gasteiger partial charge on any atom is 0.219 e. The second-order valence-corrected chi connectivity index (χ2v) is 6.36. The Kier molecular flexibility index (Phi) is 5.12. The molecule has 0 unspecified atom stereocenters. The predicted octanol–water partition coefficient (Wildman–Crippen LogP) is 2.12. The van der Waals surface area contributed by atoms with E-state index in [1.807, 2.05) is 12.1 Å². The van der Waals surface area contributed by atoms with Crippen LogP contribution < -0.4 is 0 Å². The number of sulfonamides is 1. The summed E-state index contributed by atoms with van der Waals surface area (Å²) in [6, 6.07) is 9.00. The second kappa shape index (κ2) is 6.15. The second-order valence-electron chi connectivity index (χ2n) is 3.47. The highest BCUT2D eigenvalue weighted by atomic mass is 79.9. The smallest absolute Gasteiger partial charge is 0.212 e. The molecule has 0 aliphatic rings. The van der Waals surface area contributed by atoms with Crippen molar-refractivity contribution in [2.24, 2.45) is 0 Å². The Hall–Kier alpha value is -0.900. The first kappa shape index (κ1) is 14.2. The first-order chi connectivity index (χ1) is 7.99. The summed E-state index contributed by atoms with van der Waals surface area (Å²) in [5, 5.41) is 8.58. The molecule has 4 nitrogen and oxygen atoms in total. The lowest BCUT2D eigenvalue weighted by Crippen LogP contribution is -2.32. The molecule has 0 atom stereocenters. The van der Waals surface area contributed by atoms with Crippen LogP contribution in [0.15, 0.2) is 28.7 Å². The van der Waals surface area contributed by atoms with Crippen LogP contribution in [0, 0.1) is 11.3 Å². The summed E-state index contributed by atoms with van der Waals surface area (Å²) < 4.78 is 26.0. The van der Waals surface area contributed by atoms with Gasteiger partial charge in [-0.25, -0.2) is 8.42 Å². The highest BCUT2D eigenvalue weighted by molar-refractivity contribution is 9.10. The lowest BCUT2D eigenvalue weighted by Gasteiger charge is -2.17. The average Bonchev–Trinajstić information content (AvgIpc) is 2.24. The van der Waals surface area contributed by atoms with Gasteiger partial charge in [-0.3, -0.25) is 0 Å². The quantitative estimate of drug-likeness (QED) is 0.782. The molecule has 0 heterocycles. The van der Waals surface area contributed by atoms with Crippen molar-refractivity contribution in [2.75, 3.05) is 13.1 Å². The molecule has 0 aliphatic heterocycles. The van der Waals surface area contributed by atoms with Gasteiger partial charge in [0.1, 0.15) is 6.54 Å². The van der Waals surface area contributed by atoms with Gasteiger partial charge in [-0.05, 0) is 17.7 Å². The van der Waals surface area contributed by atoms with Crippen molar-refractivity contribution in [1.82, 2.24) is 4.31 Å². The minimum absolute atomic E-state index is 0.0814. The number of halogens is 1. The fourth-order valence-electron chi connectivity index (χ4n) is 1.41. The standard InChI is InChI=1S/C11H13BrN2O2S/c1-2-14(7-6-13)17(15,16)9-10-4-3-5-11(12)8-10/h3-5,8H,2,7,9H2,1H3. The number of nitrogens with zero attached hydrogens (tertiary/aromatic N) is 2. The molecule has 0 aromatic heterocycles. The molecule has 1 rings (SSSR count). The van der Waals surface area contributed by atoms with E-state index in [-0.39, 0.29) is 12.3 Å². The van der Waals surface area contributed by atoms with Crippen LogP contribution in [0.25, 0.3) is 0 Å². The molecule has 17 heavy (non-hydrogen) atoms. The van der Waals surface area contributed by atoms with Crippen molar-refractivity contribution in [2.45, 2.75) is 12.7 Å². The number of benzene rings is 1. The summed E-state index contributed by atoms with van der Waals surface area (Å²) in [6.45, 7) is 1.92. The summed E-state index contributed by atoms with van der Waals surface area (Å²) in [5.74, 6) is -0.0814. The minimum Gasteiger partial charge on any atom is -0.212 e. The molecule has 0 N–H and O–H groups in total. The van der Waals surface area contributed by atoms with E-state index in [0.29, 0.717) is 12.1 Å². The molecule has 0 aliphatic carbocycles. The predicted molar refractivity (Wildman–Crippen MR) is 69.6 cm³/mol. The van der Waals surface area contributed by atoms with Crippen molar-refractivity contribution in [1.29, 1.82) is 5.26 Å². The van der Waals surface area contributed by atoms with Crippen LogP contribution in [0.5, 0.6) is 0 Å². The highest BCUT2D eigenvalue weighted by Gasteiger charge is 2.20. The van der Waals surface area contributed by atoms with E-state index < -0.39 is 10.0 Å². The summed E-state index contributed by atoms with van der Waals surface area (Å²) in [5.41, 5.74) is 0.704. The normalized spacial score (nSPS) is 11.4. The molecule has 0 bridgehead atoms. The van der Waals surface area contributed by atoms with Crippen LogP contribution in [0.1, 0.15) is 12.5 Å². The van der Waals surface area contributed by atoms with E-state index in [9.17, 15) is 8.42 Å². The Balaban J connectivity index is 2.90. The Morgan fingerprint density at radius 3 is 2.71 bits per heavy atom. The van der Waals surface area contributed by atoms with Gasteiger partial charge in [0.05, 0.1) is 11.8 Å². The van der Waals surface area contributed by atoms with Crippen LogP contribution in [0.2, 0.25) is 0 Å². The van der Waals surface area contributed by atoms with E-state index in [1.54, 1.807) is 25.1 Å². The first-order valence-electron chi connectivity index (χ1n) is 5.09. The van der Waals surface area contributed by atoms with Crippen molar-refractivity contribution in [3.63, 3.8) is 0 Å². The monoisotopic (exact) mass is 316 g/mol. The Morgan fingerprint density at radius 2 is 2.18 bits per heavy atom. The third-order valence-corrected chi connectivity index (χ3v) is 4.60. The van der Waals surface area contributed by atoms with Gasteiger partial charge in [0, 0.05) is 11.0 Å². The Bertz CT molecular complexity index is 523. The number of hydrogen-bond donors (Lipinski definition) is 0. The Labute approximate surface area is 110 Å². The van der Waals surface area contributed by atoms with Crippen LogP contribution in [0.4, 0.5) is 0 Å². The van der Waals surface area contributed by atoms with Gasteiger partial charge in [0.15, 0.2) is 0 Å². The molecule has 92 valence electrons. The molecular weight excluding hydrogens is 304 g/mol. The molecule has 6 heteroatoms. The summed E-state index contributed by atoms with van der Waals surface area (Å²) in [7, 11) is -3.41. The maximum atomic E-state index is 12.0. The lowest BCUT2D eigenvalue weighted by molar-refractivity contribution is 0.462. The zero-order chi connectivity index (χ0) is 12.9. The third kappa shape index (κ3) is 4.11. The van der Waals surface area contributed by atoms with E-state index in [4.69, 9.17) is 5.26 Å². The molecule has 0 saturated carbocycles. The summed E-state index contributed by atoms with van der Waals surface area (Å²) in [4.78, 5) is 0.